The fraction of sp³-hybridized carbons (Fsp3) is 0.722. The summed E-state index contributed by atoms with van der Waals surface area (Å²) < 4.78 is 0. The highest BCUT2D eigenvalue weighted by atomic mass is 15.3. The molecular weight excluding hydrogens is 258 g/mol. The monoisotopic (exact) mass is 289 g/mol. The Hall–Kier alpha value is -0.930. The lowest BCUT2D eigenvalue weighted by molar-refractivity contribution is 0.0556. The predicted molar refractivity (Wildman–Crippen MR) is 89.2 cm³/mol. The molecule has 2 heterocycles. The summed E-state index contributed by atoms with van der Waals surface area (Å²) in [6, 6.07) is 7.82. The van der Waals surface area contributed by atoms with Gasteiger partial charge in [0.2, 0.25) is 0 Å². The van der Waals surface area contributed by atoms with Gasteiger partial charge in [0.25, 0.3) is 0 Å². The predicted octanol–water partition coefficient (Wildman–Crippen LogP) is 3.49. The first-order valence-corrected chi connectivity index (χ1v) is 8.39. The Balaban J connectivity index is 2.13. The van der Waals surface area contributed by atoms with E-state index in [9.17, 15) is 0 Å². The molecule has 0 radical (unpaired) electrons. The molecule has 0 aromatic carbocycles. The second-order valence-electron chi connectivity index (χ2n) is 7.17. The fourth-order valence-corrected chi connectivity index (χ4v) is 3.44. The third-order valence-corrected chi connectivity index (χ3v) is 4.61. The van der Waals surface area contributed by atoms with Gasteiger partial charge in [-0.1, -0.05) is 33.8 Å². The van der Waals surface area contributed by atoms with Crippen LogP contribution < -0.4 is 5.32 Å². The maximum Gasteiger partial charge on any atom is 0.0572 e. The van der Waals surface area contributed by atoms with Crippen molar-refractivity contribution in [3.63, 3.8) is 0 Å². The van der Waals surface area contributed by atoms with Crippen LogP contribution in [0.2, 0.25) is 0 Å². The summed E-state index contributed by atoms with van der Waals surface area (Å²) in [5.74, 6) is 1.40. The fourth-order valence-electron chi connectivity index (χ4n) is 3.44. The third-order valence-electron chi connectivity index (χ3n) is 4.61. The van der Waals surface area contributed by atoms with Gasteiger partial charge >= 0.3 is 0 Å². The van der Waals surface area contributed by atoms with E-state index in [2.05, 4.69) is 62.0 Å². The molecule has 2 rings (SSSR count). The summed E-state index contributed by atoms with van der Waals surface area (Å²) in [4.78, 5) is 7.23. The van der Waals surface area contributed by atoms with E-state index in [1.165, 1.54) is 12.1 Å². The van der Waals surface area contributed by atoms with E-state index in [0.29, 0.717) is 24.0 Å². The van der Waals surface area contributed by atoms with Gasteiger partial charge in [-0.15, -0.1) is 0 Å². The lowest BCUT2D eigenvalue weighted by Crippen LogP contribution is -2.59. The number of nitrogens with zero attached hydrogens (tertiary/aromatic N) is 2. The molecule has 0 bridgehead atoms. The Bertz CT molecular complexity index is 416. The van der Waals surface area contributed by atoms with E-state index >= 15 is 0 Å². The van der Waals surface area contributed by atoms with Crippen LogP contribution in [0.25, 0.3) is 0 Å². The van der Waals surface area contributed by atoms with Crippen LogP contribution in [0.1, 0.15) is 52.8 Å². The van der Waals surface area contributed by atoms with Crippen molar-refractivity contribution in [2.75, 3.05) is 13.1 Å². The Labute approximate surface area is 130 Å². The minimum atomic E-state index is 0.385. The third kappa shape index (κ3) is 4.27. The molecule has 3 heteroatoms. The summed E-state index contributed by atoms with van der Waals surface area (Å²) in [5.41, 5.74) is 1.19. The van der Waals surface area contributed by atoms with Crippen LogP contribution >= 0.6 is 0 Å². The van der Waals surface area contributed by atoms with Crippen LogP contribution in [-0.2, 0) is 0 Å². The van der Waals surface area contributed by atoms with Gasteiger partial charge in [-0.05, 0) is 37.3 Å². The van der Waals surface area contributed by atoms with Gasteiger partial charge < -0.3 is 5.32 Å². The van der Waals surface area contributed by atoms with Crippen LogP contribution in [0.3, 0.4) is 0 Å². The molecular formula is C18H31N3. The number of piperazine rings is 1. The quantitative estimate of drug-likeness (QED) is 0.899. The van der Waals surface area contributed by atoms with Crippen LogP contribution in [0.15, 0.2) is 24.4 Å². The molecule has 0 spiro atoms. The number of hydrogen-bond acceptors (Lipinski definition) is 3. The van der Waals surface area contributed by atoms with Crippen molar-refractivity contribution in [1.82, 2.24) is 15.2 Å². The van der Waals surface area contributed by atoms with Crippen LogP contribution in [-0.4, -0.2) is 35.1 Å². The van der Waals surface area contributed by atoms with Gasteiger partial charge in [0.05, 0.1) is 5.69 Å². The number of hydrogen-bond donors (Lipinski definition) is 1. The maximum absolute atomic E-state index is 4.57. The van der Waals surface area contributed by atoms with Crippen molar-refractivity contribution in [3.8, 4) is 0 Å². The first-order chi connectivity index (χ1) is 9.99. The molecule has 1 fully saturated rings. The SMILES string of the molecule is CC(C)CC1CN(C(C)c2ccccn2)C(C(C)C)CN1. The Kier molecular flexibility index (Phi) is 5.77. The molecule has 1 aliphatic rings. The van der Waals surface area contributed by atoms with Gasteiger partial charge in [0, 0.05) is 37.4 Å². The number of pyridine rings is 1. The second kappa shape index (κ2) is 7.37. The van der Waals surface area contributed by atoms with Crippen LogP contribution in [0, 0.1) is 11.8 Å². The van der Waals surface area contributed by atoms with Gasteiger partial charge in [0.1, 0.15) is 0 Å². The molecule has 1 aromatic heterocycles. The lowest BCUT2D eigenvalue weighted by atomic mass is 9.93. The van der Waals surface area contributed by atoms with Crippen molar-refractivity contribution in [1.29, 1.82) is 0 Å². The molecule has 21 heavy (non-hydrogen) atoms. The molecule has 1 N–H and O–H groups in total. The smallest absolute Gasteiger partial charge is 0.0572 e. The zero-order valence-electron chi connectivity index (χ0n) is 14.2. The lowest BCUT2D eigenvalue weighted by Gasteiger charge is -2.45. The standard InChI is InChI=1S/C18H31N3/c1-13(2)10-16-12-21(18(11-20-16)14(3)4)15(5)17-8-6-7-9-19-17/h6-9,13-16,18,20H,10-12H2,1-5H3. The second-order valence-corrected chi connectivity index (χ2v) is 7.17. The summed E-state index contributed by atoms with van der Waals surface area (Å²) in [5, 5.41) is 3.76. The summed E-state index contributed by atoms with van der Waals surface area (Å²) >= 11 is 0. The van der Waals surface area contributed by atoms with Gasteiger partial charge in [-0.25, -0.2) is 0 Å². The topological polar surface area (TPSA) is 28.2 Å². The zero-order valence-corrected chi connectivity index (χ0v) is 14.2. The molecule has 118 valence electrons. The molecule has 3 atom stereocenters. The van der Waals surface area contributed by atoms with Crippen molar-refractivity contribution in [3.05, 3.63) is 30.1 Å². The molecule has 0 aliphatic carbocycles. The molecule has 0 saturated carbocycles. The van der Waals surface area contributed by atoms with E-state index in [0.717, 1.165) is 19.0 Å². The largest absolute Gasteiger partial charge is 0.311 e. The Morgan fingerprint density at radius 3 is 2.57 bits per heavy atom. The van der Waals surface area contributed by atoms with E-state index in [1.54, 1.807) is 0 Å². The van der Waals surface area contributed by atoms with Gasteiger partial charge in [-0.2, -0.15) is 0 Å². The highest BCUT2D eigenvalue weighted by molar-refractivity contribution is 5.09. The van der Waals surface area contributed by atoms with E-state index < -0.39 is 0 Å². The molecule has 0 amide bonds. The van der Waals surface area contributed by atoms with E-state index in [1.807, 2.05) is 12.3 Å². The van der Waals surface area contributed by atoms with Crippen molar-refractivity contribution in [2.24, 2.45) is 11.8 Å². The van der Waals surface area contributed by atoms with E-state index in [4.69, 9.17) is 0 Å². The molecule has 3 nitrogen and oxygen atoms in total. The normalized spacial score (nSPS) is 25.5. The Morgan fingerprint density at radius 2 is 2.00 bits per heavy atom. The number of aromatic nitrogens is 1. The average molecular weight is 289 g/mol. The highest BCUT2D eigenvalue weighted by Crippen LogP contribution is 2.27. The Morgan fingerprint density at radius 1 is 1.24 bits per heavy atom. The number of nitrogens with one attached hydrogen (secondary N) is 1. The van der Waals surface area contributed by atoms with Crippen molar-refractivity contribution >= 4 is 0 Å². The molecule has 1 aliphatic heterocycles. The summed E-state index contributed by atoms with van der Waals surface area (Å²) in [6.45, 7) is 13.8. The van der Waals surface area contributed by atoms with Crippen LogP contribution in [0.5, 0.6) is 0 Å². The zero-order chi connectivity index (χ0) is 15.4. The molecule has 3 unspecified atom stereocenters. The van der Waals surface area contributed by atoms with E-state index in [-0.39, 0.29) is 0 Å². The average Bonchev–Trinajstić information content (AvgIpc) is 2.46. The molecule has 1 saturated heterocycles. The number of rotatable bonds is 5. The summed E-state index contributed by atoms with van der Waals surface area (Å²) in [7, 11) is 0. The minimum absolute atomic E-state index is 0.385. The van der Waals surface area contributed by atoms with Gasteiger partial charge in [0.15, 0.2) is 0 Å². The first-order valence-electron chi connectivity index (χ1n) is 8.39. The highest BCUT2D eigenvalue weighted by Gasteiger charge is 2.33. The first kappa shape index (κ1) is 16.4. The minimum Gasteiger partial charge on any atom is -0.311 e. The van der Waals surface area contributed by atoms with Crippen molar-refractivity contribution < 1.29 is 0 Å². The molecule has 1 aromatic rings. The van der Waals surface area contributed by atoms with Crippen LogP contribution in [0.4, 0.5) is 0 Å². The van der Waals surface area contributed by atoms with Gasteiger partial charge in [-0.3, -0.25) is 9.88 Å². The maximum atomic E-state index is 4.57. The summed E-state index contributed by atoms with van der Waals surface area (Å²) in [6.07, 6.45) is 3.15. The van der Waals surface area contributed by atoms with Crippen molar-refractivity contribution in [2.45, 2.75) is 59.2 Å².